The van der Waals surface area contributed by atoms with Crippen molar-refractivity contribution in [1.82, 2.24) is 9.97 Å². The molecule has 2 fully saturated rings. The summed E-state index contributed by atoms with van der Waals surface area (Å²) in [5.41, 5.74) is 6.22. The van der Waals surface area contributed by atoms with E-state index in [-0.39, 0.29) is 42.1 Å². The van der Waals surface area contributed by atoms with Gasteiger partial charge in [0.1, 0.15) is 5.58 Å². The zero-order valence-electron chi connectivity index (χ0n) is 45.1. The van der Waals surface area contributed by atoms with E-state index in [1.807, 2.05) is 60.8 Å². The SMILES string of the molecule is [2H]C([2H])([2H])c1c[c-]c(-c2ccc(C(C)(C)C)cn2)cc1.[2H]C([2H])([2H])c1cnc(-c2[c-]cc(C([2H])([2H])[2H])c3c2oc2c3ccc3ccc4ccccc4c32)cc1C1([2H])CCC2(CCC(C)(C)CC2)CC1.[Ir]. The molecule has 0 aliphatic heterocycles. The van der Waals surface area contributed by atoms with Gasteiger partial charge < -0.3 is 14.4 Å². The van der Waals surface area contributed by atoms with Crippen LogP contribution in [0.25, 0.3) is 66.0 Å². The number of nitrogens with zero attached hydrogens (tertiary/aromatic N) is 2. The number of benzene rings is 5. The summed E-state index contributed by atoms with van der Waals surface area (Å²) in [5.74, 6) is -1.08. The third-order valence-electron chi connectivity index (χ3n) is 13.3. The summed E-state index contributed by atoms with van der Waals surface area (Å²) in [7, 11) is 0. The second kappa shape index (κ2) is 16.3. The molecule has 0 N–H and O–H groups in total. The van der Waals surface area contributed by atoms with Gasteiger partial charge in [-0.3, -0.25) is 0 Å². The molecule has 0 bridgehead atoms. The molecule has 1 spiro atoms. The average Bonchev–Trinajstić information content (AvgIpc) is 3.69. The van der Waals surface area contributed by atoms with Crippen molar-refractivity contribution in [1.29, 1.82) is 0 Å². The predicted octanol–water partition coefficient (Wildman–Crippen LogP) is 15.8. The molecular formula is C56H58IrN2O-2. The summed E-state index contributed by atoms with van der Waals surface area (Å²) in [6.45, 7) is 4.14. The van der Waals surface area contributed by atoms with E-state index in [4.69, 9.17) is 16.8 Å². The summed E-state index contributed by atoms with van der Waals surface area (Å²) in [6.07, 6.45) is 10.9. The molecule has 60 heavy (non-hydrogen) atoms. The van der Waals surface area contributed by atoms with Gasteiger partial charge in [-0.15, -0.1) is 53.1 Å². The molecule has 0 atom stereocenters. The Morgan fingerprint density at radius 3 is 2.15 bits per heavy atom. The molecule has 3 heterocycles. The minimum Gasteiger partial charge on any atom is -0.500 e. The van der Waals surface area contributed by atoms with Gasteiger partial charge in [-0.1, -0.05) is 126 Å². The predicted molar refractivity (Wildman–Crippen MR) is 248 cm³/mol. The Morgan fingerprint density at radius 1 is 0.700 bits per heavy atom. The number of hydrogen-bond donors (Lipinski definition) is 0. The first-order valence-electron chi connectivity index (χ1n) is 26.0. The van der Waals surface area contributed by atoms with E-state index in [1.54, 1.807) is 18.2 Å². The van der Waals surface area contributed by atoms with Crippen molar-refractivity contribution < 1.29 is 38.2 Å². The summed E-state index contributed by atoms with van der Waals surface area (Å²) in [5, 5.41) is 5.08. The van der Waals surface area contributed by atoms with Gasteiger partial charge in [-0.05, 0) is 125 Å². The molecule has 0 amide bonds. The molecule has 5 aromatic carbocycles. The number of furan rings is 1. The number of rotatable bonds is 3. The average molecular weight is 977 g/mol. The Bertz CT molecular complexity index is 3140. The van der Waals surface area contributed by atoms with Crippen molar-refractivity contribution in [3.05, 3.63) is 143 Å². The number of aryl methyl sites for hydroxylation is 3. The second-order valence-electron chi connectivity index (χ2n) is 18.8. The van der Waals surface area contributed by atoms with Crippen LogP contribution in [0.2, 0.25) is 0 Å². The van der Waals surface area contributed by atoms with Gasteiger partial charge in [0.05, 0.1) is 5.58 Å². The Balaban J connectivity index is 0.000000264. The van der Waals surface area contributed by atoms with Crippen molar-refractivity contribution in [2.45, 2.75) is 118 Å². The smallest absolute Gasteiger partial charge is 0.129 e. The van der Waals surface area contributed by atoms with E-state index in [1.165, 1.54) is 36.7 Å². The molecule has 3 nitrogen and oxygen atoms in total. The second-order valence-corrected chi connectivity index (χ2v) is 18.8. The summed E-state index contributed by atoms with van der Waals surface area (Å²) in [4.78, 5) is 9.09. The van der Waals surface area contributed by atoms with E-state index in [9.17, 15) is 1.37 Å². The Morgan fingerprint density at radius 2 is 1.45 bits per heavy atom. The summed E-state index contributed by atoms with van der Waals surface area (Å²) < 4.78 is 88.9. The molecule has 4 heteroatoms. The molecule has 8 aromatic rings. The van der Waals surface area contributed by atoms with Gasteiger partial charge in [0.2, 0.25) is 0 Å². The largest absolute Gasteiger partial charge is 0.500 e. The van der Waals surface area contributed by atoms with Crippen molar-refractivity contribution in [2.75, 3.05) is 0 Å². The standard InChI is InChI=1S/C40H40NO.C16H18N.Ir/c1-25-9-13-31(37-35(25)32-14-12-29-11-10-27-7-5-6-8-30(27)36(29)38(32)42-37)34-23-33(26(2)24-41-34)28-15-17-40(18-16-28)21-19-39(3,4)20-22-40;1-12-5-7-13(8-6-12)15-10-9-14(11-17-15)16(2,3)4;/h5-12,14,23-24,28H,15-22H2,1-4H3;5-7,9-11H,1-4H3;/q2*-1;/i1D3,2D3,28D;1D3;. The van der Waals surface area contributed by atoms with Crippen LogP contribution in [0.5, 0.6) is 0 Å². The van der Waals surface area contributed by atoms with Crippen LogP contribution in [-0.2, 0) is 25.5 Å². The molecule has 10 rings (SSSR count). The van der Waals surface area contributed by atoms with Crippen molar-refractivity contribution >= 4 is 43.5 Å². The minimum absolute atomic E-state index is 0. The normalized spacial score (nSPS) is 20.1. The molecule has 0 unspecified atom stereocenters. The van der Waals surface area contributed by atoms with Crippen molar-refractivity contribution in [3.8, 4) is 22.5 Å². The van der Waals surface area contributed by atoms with Gasteiger partial charge in [0.15, 0.2) is 0 Å². The Labute approximate surface area is 384 Å². The van der Waals surface area contributed by atoms with Crippen LogP contribution in [0.3, 0.4) is 0 Å². The molecule has 3 aromatic heterocycles. The number of pyridine rings is 2. The summed E-state index contributed by atoms with van der Waals surface area (Å²) >= 11 is 0. The Kier molecular flexibility index (Phi) is 8.51. The van der Waals surface area contributed by atoms with E-state index in [0.717, 1.165) is 58.5 Å². The van der Waals surface area contributed by atoms with E-state index in [0.29, 0.717) is 62.6 Å². The third-order valence-corrected chi connectivity index (χ3v) is 13.3. The zero-order valence-corrected chi connectivity index (χ0v) is 37.5. The monoisotopic (exact) mass is 977 g/mol. The quantitative estimate of drug-likeness (QED) is 0.131. The molecule has 1 radical (unpaired) electrons. The van der Waals surface area contributed by atoms with Gasteiger partial charge in [-0.25, -0.2) is 0 Å². The Hall–Kier alpha value is -4.63. The number of aromatic nitrogens is 2. The first-order valence-corrected chi connectivity index (χ1v) is 21.0. The topological polar surface area (TPSA) is 38.9 Å². The van der Waals surface area contributed by atoms with Crippen LogP contribution in [0.1, 0.15) is 133 Å². The van der Waals surface area contributed by atoms with Crippen LogP contribution in [0, 0.1) is 43.5 Å². The van der Waals surface area contributed by atoms with Crippen LogP contribution in [0.4, 0.5) is 0 Å². The molecule has 2 saturated carbocycles. The van der Waals surface area contributed by atoms with Crippen LogP contribution in [-0.4, -0.2) is 9.97 Å². The molecule has 309 valence electrons. The number of hydrogen-bond acceptors (Lipinski definition) is 3. The zero-order chi connectivity index (χ0) is 49.5. The van der Waals surface area contributed by atoms with Crippen LogP contribution >= 0.6 is 0 Å². The van der Waals surface area contributed by atoms with Crippen molar-refractivity contribution in [2.24, 2.45) is 10.8 Å². The first kappa shape index (κ1) is 31.3. The molecule has 2 aliphatic carbocycles. The fourth-order valence-corrected chi connectivity index (χ4v) is 9.33. The molecule has 2 aliphatic rings. The van der Waals surface area contributed by atoms with Crippen molar-refractivity contribution in [3.63, 3.8) is 0 Å². The fraction of sp³-hybridized carbons (Fsp3) is 0.357. The van der Waals surface area contributed by atoms with Crippen LogP contribution in [0.15, 0.2) is 108 Å². The minimum atomic E-state index is -2.44. The van der Waals surface area contributed by atoms with E-state index in [2.05, 4.69) is 62.8 Å². The van der Waals surface area contributed by atoms with E-state index < -0.39 is 26.4 Å². The number of fused-ring (bicyclic) bond motifs is 7. The summed E-state index contributed by atoms with van der Waals surface area (Å²) in [6, 6.07) is 34.4. The van der Waals surface area contributed by atoms with Gasteiger partial charge >= 0.3 is 0 Å². The van der Waals surface area contributed by atoms with Gasteiger partial charge in [0.25, 0.3) is 0 Å². The van der Waals surface area contributed by atoms with Crippen LogP contribution < -0.4 is 0 Å². The van der Waals surface area contributed by atoms with Gasteiger partial charge in [0, 0.05) is 57.0 Å². The fourth-order valence-electron chi connectivity index (χ4n) is 9.33. The molecule has 0 saturated heterocycles. The maximum absolute atomic E-state index is 9.77. The van der Waals surface area contributed by atoms with E-state index >= 15 is 0 Å². The first-order chi connectivity index (χ1) is 32.3. The maximum atomic E-state index is 9.77. The van der Waals surface area contributed by atoms with Gasteiger partial charge in [-0.2, -0.15) is 0 Å². The molecular weight excluding hydrogens is 909 g/mol. The maximum Gasteiger partial charge on any atom is 0.129 e. The third kappa shape index (κ3) is 8.11.